The molecule has 4 fully saturated rings. The van der Waals surface area contributed by atoms with E-state index in [9.17, 15) is 14.4 Å². The molecule has 4 aliphatic rings. The van der Waals surface area contributed by atoms with Crippen molar-refractivity contribution in [1.82, 2.24) is 44.0 Å². The van der Waals surface area contributed by atoms with Crippen LogP contribution in [0, 0.1) is 3.57 Å². The van der Waals surface area contributed by atoms with Gasteiger partial charge < -0.3 is 34.1 Å². The number of carbonyl (C=O) groups is 3. The van der Waals surface area contributed by atoms with E-state index in [2.05, 4.69) is 61.0 Å². The van der Waals surface area contributed by atoms with Crippen molar-refractivity contribution in [3.05, 3.63) is 70.3 Å². The van der Waals surface area contributed by atoms with Crippen molar-refractivity contribution in [1.29, 1.82) is 0 Å². The smallest absolute Gasteiger partial charge is 0.410 e. The molecule has 0 spiro atoms. The number of amides is 3. The Morgan fingerprint density at radius 1 is 0.692 bits per heavy atom. The number of benzene rings is 2. The number of carbonyl (C=O) groups excluding carboxylic acids is 3. The summed E-state index contributed by atoms with van der Waals surface area (Å²) in [6, 6.07) is 12.0. The van der Waals surface area contributed by atoms with Gasteiger partial charge >= 0.3 is 12.2 Å². The summed E-state index contributed by atoms with van der Waals surface area (Å²) in [4.78, 5) is 45.9. The van der Waals surface area contributed by atoms with Gasteiger partial charge in [0.15, 0.2) is 11.5 Å². The third kappa shape index (κ3) is 10.9. The number of halogens is 1. The number of aromatic nitrogens is 7. The van der Waals surface area contributed by atoms with Crippen molar-refractivity contribution in [2.24, 2.45) is 0 Å². The molecule has 2 saturated carbocycles. The Morgan fingerprint density at radius 2 is 1.20 bits per heavy atom. The third-order valence-electron chi connectivity index (χ3n) is 11.6. The summed E-state index contributed by atoms with van der Waals surface area (Å²) in [5, 5.41) is 18.8. The summed E-state index contributed by atoms with van der Waals surface area (Å²) in [5.74, 6) is 1.64. The van der Waals surface area contributed by atoms with Gasteiger partial charge in [0, 0.05) is 67.7 Å². The van der Waals surface area contributed by atoms with Gasteiger partial charge in [-0.3, -0.25) is 14.2 Å². The molecule has 6 heterocycles. The highest BCUT2D eigenvalue weighted by atomic mass is 127. The molecular formula is C47H57IN10O7. The van der Waals surface area contributed by atoms with E-state index in [-0.39, 0.29) is 30.2 Å². The average Bonchev–Trinajstić information content (AvgIpc) is 4.14. The minimum Gasteiger partial charge on any atom is -0.490 e. The zero-order valence-corrected chi connectivity index (χ0v) is 40.0. The number of fused-ring (bicyclic) bond motifs is 3. The van der Waals surface area contributed by atoms with Crippen LogP contribution >= 0.6 is 22.6 Å². The van der Waals surface area contributed by atoms with Gasteiger partial charge in [-0.2, -0.15) is 19.8 Å². The van der Waals surface area contributed by atoms with Crippen molar-refractivity contribution < 1.29 is 33.3 Å². The molecule has 0 radical (unpaired) electrons. The first-order valence-electron chi connectivity index (χ1n) is 22.6. The van der Waals surface area contributed by atoms with Crippen LogP contribution in [0.4, 0.5) is 15.4 Å². The van der Waals surface area contributed by atoms with Crippen LogP contribution in [0.1, 0.15) is 115 Å². The number of nitrogens with zero attached hydrogens (tertiary/aromatic N) is 9. The lowest BCUT2D eigenvalue weighted by molar-refractivity contribution is 0.0174. The van der Waals surface area contributed by atoms with Crippen LogP contribution in [-0.4, -0.2) is 112 Å². The summed E-state index contributed by atoms with van der Waals surface area (Å²) < 4.78 is 29.8. The van der Waals surface area contributed by atoms with Crippen molar-refractivity contribution in [2.45, 2.75) is 128 Å². The zero-order chi connectivity index (χ0) is 45.6. The van der Waals surface area contributed by atoms with E-state index < -0.39 is 11.2 Å². The Balaban J connectivity index is 0.000000174. The number of rotatable bonds is 8. The van der Waals surface area contributed by atoms with Crippen molar-refractivity contribution in [3.8, 4) is 11.5 Å². The molecule has 2 aliphatic heterocycles. The molecule has 1 N–H and O–H groups in total. The first-order chi connectivity index (χ1) is 31.0. The topological polar surface area (TPSA) is 172 Å². The molecule has 2 aliphatic carbocycles. The number of hydrogen-bond acceptors (Lipinski definition) is 11. The molecule has 0 unspecified atom stereocenters. The van der Waals surface area contributed by atoms with E-state index in [1.807, 2.05) is 70.6 Å². The quantitative estimate of drug-likeness (QED) is 0.144. The fourth-order valence-corrected chi connectivity index (χ4v) is 8.58. The van der Waals surface area contributed by atoms with Gasteiger partial charge in [-0.25, -0.2) is 14.6 Å². The zero-order valence-electron chi connectivity index (χ0n) is 37.8. The molecule has 18 heteroatoms. The number of hydrogen-bond donors (Lipinski definition) is 1. The number of likely N-dealkylation sites (tertiary alicyclic amines) is 2. The summed E-state index contributed by atoms with van der Waals surface area (Å²) in [5.41, 5.74) is 1.86. The Morgan fingerprint density at radius 3 is 1.72 bits per heavy atom. The molecule has 0 bridgehead atoms. The third-order valence-corrected chi connectivity index (χ3v) is 12.4. The first kappa shape index (κ1) is 44.5. The number of ether oxygens (including phenoxy) is 4. The number of nitrogens with one attached hydrogen (secondary N) is 1. The highest BCUT2D eigenvalue weighted by molar-refractivity contribution is 14.1. The fraction of sp³-hybridized carbons (Fsp3) is 0.511. The molecule has 4 aromatic heterocycles. The van der Waals surface area contributed by atoms with Crippen LogP contribution in [0.3, 0.4) is 0 Å². The summed E-state index contributed by atoms with van der Waals surface area (Å²) in [6.07, 6.45) is 14.9. The second-order valence-electron chi connectivity index (χ2n) is 19.4. The summed E-state index contributed by atoms with van der Waals surface area (Å²) in [7, 11) is 0. The van der Waals surface area contributed by atoms with E-state index in [0.29, 0.717) is 61.1 Å². The largest absolute Gasteiger partial charge is 0.490 e. The minimum atomic E-state index is -0.514. The van der Waals surface area contributed by atoms with Gasteiger partial charge in [-0.15, -0.1) is 0 Å². The summed E-state index contributed by atoms with van der Waals surface area (Å²) >= 11 is 2.33. The van der Waals surface area contributed by atoms with Crippen LogP contribution in [-0.2, 0) is 9.47 Å². The minimum absolute atomic E-state index is 0.121. The standard InChI is InChI=1S/C27H31N7O4.C20H26IN3O3/c1-27(2,3)38-26(36)32-11-8-18(9-12-32)33-16-17-13-20(22(14-21(17)31-33)37-19-6-7-19)25(35)30-24-15-28-23-5-4-10-29-34(23)24;1-20(2,3)27-19(25)23-8-6-14(7-9-23)24-12-13-10-16(21)18(11-17(13)22-24)26-15-4-5-15/h4-5,10,13-16,18-19H,6-9,11-12H2,1-3H3,(H,30,35);10-12,14-15H,4-9H2,1-3H3. The van der Waals surface area contributed by atoms with Crippen LogP contribution in [0.5, 0.6) is 11.5 Å². The molecule has 0 atom stereocenters. The molecule has 17 nitrogen and oxygen atoms in total. The highest BCUT2D eigenvalue weighted by Gasteiger charge is 2.31. The molecule has 2 saturated heterocycles. The molecule has 3 amide bonds. The molecule has 10 rings (SSSR count). The average molecular weight is 1000 g/mol. The Bertz CT molecular complexity index is 2710. The maximum Gasteiger partial charge on any atom is 0.410 e. The normalized spacial score (nSPS) is 17.5. The molecule has 65 heavy (non-hydrogen) atoms. The predicted octanol–water partition coefficient (Wildman–Crippen LogP) is 9.20. The van der Waals surface area contributed by atoms with Crippen molar-refractivity contribution in [2.75, 3.05) is 31.5 Å². The van der Waals surface area contributed by atoms with E-state index in [0.717, 1.165) is 82.5 Å². The Kier molecular flexibility index (Phi) is 12.3. The number of anilines is 1. The Hall–Kier alpha value is -5.66. The van der Waals surface area contributed by atoms with Crippen LogP contribution in [0.15, 0.2) is 61.2 Å². The van der Waals surface area contributed by atoms with E-state index in [4.69, 9.17) is 29.1 Å². The lowest BCUT2D eigenvalue weighted by Crippen LogP contribution is -2.42. The monoisotopic (exact) mass is 1000 g/mol. The SMILES string of the molecule is CC(C)(C)OC(=O)N1CCC(n2cc3cc(C(=O)Nc4cnc5cccnn45)c(OC4CC4)cc3n2)CC1.CC(C)(C)OC(=O)N1CCC(n2cc3cc(I)c(OC4CC4)cc3n2)CC1. The van der Waals surface area contributed by atoms with Gasteiger partial charge in [0.25, 0.3) is 5.91 Å². The maximum atomic E-state index is 13.4. The van der Waals surface area contributed by atoms with Crippen LogP contribution in [0.25, 0.3) is 27.5 Å². The second kappa shape index (κ2) is 18.0. The highest BCUT2D eigenvalue weighted by Crippen LogP contribution is 2.36. The molecule has 344 valence electrons. The molecule has 6 aromatic rings. The van der Waals surface area contributed by atoms with Crippen LogP contribution < -0.4 is 14.8 Å². The van der Waals surface area contributed by atoms with Gasteiger partial charge in [-0.1, -0.05) is 0 Å². The van der Waals surface area contributed by atoms with Crippen LogP contribution in [0.2, 0.25) is 0 Å². The number of imidazole rings is 1. The lowest BCUT2D eigenvalue weighted by atomic mass is 10.1. The van der Waals surface area contributed by atoms with Gasteiger partial charge in [-0.05, 0) is 140 Å². The fourth-order valence-electron chi connectivity index (χ4n) is 7.96. The van der Waals surface area contributed by atoms with E-state index >= 15 is 0 Å². The van der Waals surface area contributed by atoms with Gasteiger partial charge in [0.1, 0.15) is 22.7 Å². The Labute approximate surface area is 391 Å². The lowest BCUT2D eigenvalue weighted by Gasteiger charge is -2.33. The van der Waals surface area contributed by atoms with Gasteiger partial charge in [0.05, 0.1) is 50.7 Å². The van der Waals surface area contributed by atoms with Crippen molar-refractivity contribution in [3.63, 3.8) is 0 Å². The van der Waals surface area contributed by atoms with E-state index in [1.165, 1.54) is 0 Å². The van der Waals surface area contributed by atoms with Crippen molar-refractivity contribution >= 4 is 74.0 Å². The summed E-state index contributed by atoms with van der Waals surface area (Å²) in [6.45, 7) is 13.9. The number of piperidine rings is 2. The molecule has 2 aromatic carbocycles. The predicted molar refractivity (Wildman–Crippen MR) is 253 cm³/mol. The second-order valence-corrected chi connectivity index (χ2v) is 20.6. The first-order valence-corrected chi connectivity index (χ1v) is 23.7. The van der Waals surface area contributed by atoms with E-state index in [1.54, 1.807) is 32.8 Å². The van der Waals surface area contributed by atoms with Gasteiger partial charge in [0.2, 0.25) is 0 Å². The maximum absolute atomic E-state index is 13.4. The molecular weight excluding hydrogens is 943 g/mol.